The quantitative estimate of drug-likeness (QED) is 0.610. The van der Waals surface area contributed by atoms with E-state index < -0.39 is 0 Å². The molecule has 2 aromatic rings. The summed E-state index contributed by atoms with van der Waals surface area (Å²) >= 11 is 5.53. The van der Waals surface area contributed by atoms with E-state index in [2.05, 4.69) is 43.5 Å². The first-order valence-electron chi connectivity index (χ1n) is 4.18. The first-order chi connectivity index (χ1) is 7.11. The molecule has 0 spiro atoms. The van der Waals surface area contributed by atoms with Gasteiger partial charge in [-0.1, -0.05) is 15.9 Å². The van der Waals surface area contributed by atoms with Crippen molar-refractivity contribution in [1.82, 2.24) is 4.98 Å². The summed E-state index contributed by atoms with van der Waals surface area (Å²) in [6.07, 6.45) is 0. The van der Waals surface area contributed by atoms with Gasteiger partial charge in [0.25, 0.3) is 0 Å². The van der Waals surface area contributed by atoms with Crippen molar-refractivity contribution in [1.29, 1.82) is 0 Å². The fourth-order valence-corrected chi connectivity index (χ4v) is 2.51. The lowest BCUT2D eigenvalue weighted by atomic mass is 10.1. The number of methoxy groups -OCH3 is 1. The summed E-state index contributed by atoms with van der Waals surface area (Å²) in [4.78, 5) is 14.7. The predicted octanol–water partition coefficient (Wildman–Crippen LogP) is 3.32. The molecule has 0 saturated heterocycles. The molecule has 1 aromatic heterocycles. The number of rotatable bonds is 1. The van der Waals surface area contributed by atoms with Crippen LogP contribution in [-0.2, 0) is 4.74 Å². The number of esters is 1. The third kappa shape index (κ3) is 2.03. The number of carbonyl (C=O) groups excluding carboxylic acids is 1. The molecular formula is C10H7BrINO2. The molecule has 5 heteroatoms. The van der Waals surface area contributed by atoms with Gasteiger partial charge in [0.05, 0.1) is 16.4 Å². The number of benzene rings is 1. The van der Waals surface area contributed by atoms with Gasteiger partial charge in [-0.25, -0.2) is 4.79 Å². The van der Waals surface area contributed by atoms with Crippen LogP contribution in [0.2, 0.25) is 0 Å². The Bertz CT molecular complexity index is 535. The average Bonchev–Trinajstić information content (AvgIpc) is 2.55. The van der Waals surface area contributed by atoms with Gasteiger partial charge in [0.15, 0.2) is 0 Å². The van der Waals surface area contributed by atoms with Crippen LogP contribution in [0, 0.1) is 3.70 Å². The van der Waals surface area contributed by atoms with Gasteiger partial charge in [-0.15, -0.1) is 0 Å². The van der Waals surface area contributed by atoms with Gasteiger partial charge in [0, 0.05) is 15.4 Å². The van der Waals surface area contributed by atoms with Crippen molar-refractivity contribution in [2.45, 2.75) is 0 Å². The Hall–Kier alpha value is -0.560. The Morgan fingerprint density at radius 3 is 2.87 bits per heavy atom. The van der Waals surface area contributed by atoms with Crippen molar-refractivity contribution in [2.75, 3.05) is 7.11 Å². The zero-order valence-electron chi connectivity index (χ0n) is 7.80. The lowest BCUT2D eigenvalue weighted by molar-refractivity contribution is 0.0603. The molecule has 2 rings (SSSR count). The first-order valence-corrected chi connectivity index (χ1v) is 6.05. The molecule has 1 aromatic carbocycles. The third-order valence-corrected chi connectivity index (χ3v) is 3.11. The van der Waals surface area contributed by atoms with Gasteiger partial charge in [0.2, 0.25) is 0 Å². The van der Waals surface area contributed by atoms with E-state index in [1.807, 2.05) is 12.1 Å². The number of aromatic amines is 1. The van der Waals surface area contributed by atoms with Crippen molar-refractivity contribution < 1.29 is 9.53 Å². The molecule has 0 radical (unpaired) electrons. The summed E-state index contributed by atoms with van der Waals surface area (Å²) in [7, 11) is 1.38. The molecule has 0 fully saturated rings. The van der Waals surface area contributed by atoms with Crippen LogP contribution < -0.4 is 0 Å². The number of carbonyl (C=O) groups is 1. The molecule has 0 amide bonds. The summed E-state index contributed by atoms with van der Waals surface area (Å²) in [6.45, 7) is 0. The first kappa shape index (κ1) is 10.9. The van der Waals surface area contributed by atoms with Crippen LogP contribution in [-0.4, -0.2) is 18.1 Å². The Labute approximate surface area is 108 Å². The number of hydrogen-bond donors (Lipinski definition) is 1. The summed E-state index contributed by atoms with van der Waals surface area (Å²) in [5, 5.41) is 0.884. The number of hydrogen-bond acceptors (Lipinski definition) is 2. The minimum atomic E-state index is -0.322. The van der Waals surface area contributed by atoms with Crippen molar-refractivity contribution in [3.05, 3.63) is 31.9 Å². The molecule has 78 valence electrons. The van der Waals surface area contributed by atoms with Crippen molar-refractivity contribution in [3.63, 3.8) is 0 Å². The Morgan fingerprint density at radius 1 is 1.47 bits per heavy atom. The van der Waals surface area contributed by atoms with Crippen LogP contribution in [0.3, 0.4) is 0 Å². The van der Waals surface area contributed by atoms with Crippen LogP contribution in [0.5, 0.6) is 0 Å². The monoisotopic (exact) mass is 379 g/mol. The molecule has 0 atom stereocenters. The van der Waals surface area contributed by atoms with Crippen LogP contribution in [0.4, 0.5) is 0 Å². The van der Waals surface area contributed by atoms with Crippen molar-refractivity contribution >= 4 is 55.4 Å². The second-order valence-corrected chi connectivity index (χ2v) is 5.10. The molecule has 0 saturated carbocycles. The summed E-state index contributed by atoms with van der Waals surface area (Å²) in [5.41, 5.74) is 1.50. The normalized spacial score (nSPS) is 10.6. The van der Waals surface area contributed by atoms with Gasteiger partial charge < -0.3 is 9.72 Å². The number of nitrogens with one attached hydrogen (secondary N) is 1. The van der Waals surface area contributed by atoms with Crippen LogP contribution >= 0.6 is 38.5 Å². The van der Waals surface area contributed by atoms with Gasteiger partial charge in [-0.05, 0) is 40.8 Å². The minimum absolute atomic E-state index is 0.322. The van der Waals surface area contributed by atoms with E-state index in [1.54, 1.807) is 6.07 Å². The highest BCUT2D eigenvalue weighted by Crippen LogP contribution is 2.26. The van der Waals surface area contributed by atoms with Gasteiger partial charge in [-0.3, -0.25) is 0 Å². The largest absolute Gasteiger partial charge is 0.465 e. The molecule has 0 unspecified atom stereocenters. The fourth-order valence-electron chi connectivity index (χ4n) is 1.45. The van der Waals surface area contributed by atoms with E-state index >= 15 is 0 Å². The van der Waals surface area contributed by atoms with E-state index in [9.17, 15) is 4.79 Å². The van der Waals surface area contributed by atoms with E-state index in [0.29, 0.717) is 5.56 Å². The van der Waals surface area contributed by atoms with E-state index in [0.717, 1.165) is 19.1 Å². The molecule has 0 bridgehead atoms. The predicted molar refractivity (Wildman–Crippen MR) is 70.1 cm³/mol. The highest BCUT2D eigenvalue weighted by atomic mass is 127. The summed E-state index contributed by atoms with van der Waals surface area (Å²) in [6, 6.07) is 5.62. The number of aromatic nitrogens is 1. The van der Waals surface area contributed by atoms with E-state index in [1.165, 1.54) is 7.11 Å². The second-order valence-electron chi connectivity index (χ2n) is 3.02. The van der Waals surface area contributed by atoms with E-state index in [-0.39, 0.29) is 5.97 Å². The minimum Gasteiger partial charge on any atom is -0.465 e. The second kappa shape index (κ2) is 4.13. The molecule has 0 aliphatic carbocycles. The fraction of sp³-hybridized carbons (Fsp3) is 0.100. The lowest BCUT2D eigenvalue weighted by Gasteiger charge is -2.01. The maximum absolute atomic E-state index is 11.5. The maximum Gasteiger partial charge on any atom is 0.338 e. The van der Waals surface area contributed by atoms with Crippen molar-refractivity contribution in [2.24, 2.45) is 0 Å². The number of H-pyrrole nitrogens is 1. The summed E-state index contributed by atoms with van der Waals surface area (Å²) in [5.74, 6) is -0.322. The lowest BCUT2D eigenvalue weighted by Crippen LogP contribution is -2.01. The standard InChI is InChI=1S/C10H7BrINO2/c1-15-10(14)7-2-5(11)3-8-6(7)4-9(12)13-8/h2-4,13H,1H3. The van der Waals surface area contributed by atoms with Gasteiger partial charge in [0.1, 0.15) is 0 Å². The Balaban J connectivity index is 2.75. The average molecular weight is 380 g/mol. The molecule has 1 heterocycles. The van der Waals surface area contributed by atoms with Crippen LogP contribution in [0.15, 0.2) is 22.7 Å². The molecule has 0 aliphatic rings. The zero-order valence-corrected chi connectivity index (χ0v) is 11.5. The SMILES string of the molecule is COC(=O)c1cc(Br)cc2[nH]c(I)cc12. The number of fused-ring (bicyclic) bond motifs is 1. The van der Waals surface area contributed by atoms with Crippen LogP contribution in [0.25, 0.3) is 10.9 Å². The Morgan fingerprint density at radius 2 is 2.20 bits per heavy atom. The molecular weight excluding hydrogens is 373 g/mol. The molecule has 3 nitrogen and oxygen atoms in total. The number of halogens is 2. The summed E-state index contributed by atoms with van der Waals surface area (Å²) < 4.78 is 6.58. The maximum atomic E-state index is 11.5. The molecule has 15 heavy (non-hydrogen) atoms. The topological polar surface area (TPSA) is 42.1 Å². The smallest absolute Gasteiger partial charge is 0.338 e. The van der Waals surface area contributed by atoms with Gasteiger partial charge >= 0.3 is 5.97 Å². The zero-order chi connectivity index (χ0) is 11.0. The number of ether oxygens (including phenoxy) is 1. The van der Waals surface area contributed by atoms with Crippen molar-refractivity contribution in [3.8, 4) is 0 Å². The highest BCUT2D eigenvalue weighted by molar-refractivity contribution is 14.1. The highest BCUT2D eigenvalue weighted by Gasteiger charge is 2.13. The van der Waals surface area contributed by atoms with Gasteiger partial charge in [-0.2, -0.15) is 0 Å². The third-order valence-electron chi connectivity index (χ3n) is 2.08. The van der Waals surface area contributed by atoms with E-state index in [4.69, 9.17) is 4.74 Å². The molecule has 0 aliphatic heterocycles. The molecule has 1 N–H and O–H groups in total. The Kier molecular flexibility index (Phi) is 3.01. The van der Waals surface area contributed by atoms with Crippen LogP contribution in [0.1, 0.15) is 10.4 Å².